The monoisotopic (exact) mass is 395 g/mol. The first kappa shape index (κ1) is 19.1. The minimum Gasteiger partial charge on any atom is -0.381 e. The number of ether oxygens (including phenoxy) is 1. The highest BCUT2D eigenvalue weighted by atomic mass is 16.5. The number of hydrogen-bond donors (Lipinski definition) is 1. The van der Waals surface area contributed by atoms with Crippen molar-refractivity contribution in [2.75, 3.05) is 38.2 Å². The average molecular weight is 396 g/mol. The molecule has 0 radical (unpaired) electrons. The second-order valence-corrected chi connectivity index (χ2v) is 9.34. The molecule has 1 aliphatic carbocycles. The van der Waals surface area contributed by atoms with Crippen LogP contribution >= 0.6 is 0 Å². The quantitative estimate of drug-likeness (QED) is 0.842. The highest BCUT2D eigenvalue weighted by Crippen LogP contribution is 2.39. The summed E-state index contributed by atoms with van der Waals surface area (Å²) in [7, 11) is 1.96. The maximum Gasteiger partial charge on any atom is 0.126 e. The van der Waals surface area contributed by atoms with Gasteiger partial charge in [-0.05, 0) is 62.5 Å². The van der Waals surface area contributed by atoms with Gasteiger partial charge in [0.15, 0.2) is 0 Å². The molecule has 1 N–H and O–H groups in total. The minimum atomic E-state index is 0.564. The molecule has 5 rings (SSSR count). The molecular weight excluding hydrogens is 362 g/mol. The Labute approximate surface area is 173 Å². The van der Waals surface area contributed by atoms with E-state index in [1.165, 1.54) is 45.3 Å². The summed E-state index contributed by atoms with van der Waals surface area (Å²) in [5, 5.41) is 8.13. The lowest BCUT2D eigenvalue weighted by atomic mass is 10.00. The summed E-state index contributed by atoms with van der Waals surface area (Å²) in [5.41, 5.74) is 3.34. The first-order valence-corrected chi connectivity index (χ1v) is 11.2. The number of nitrogens with one attached hydrogen (secondary N) is 1. The Morgan fingerprint density at radius 2 is 1.90 bits per heavy atom. The molecule has 0 amide bonds. The normalized spacial score (nSPS) is 28.0. The molecule has 2 atom stereocenters. The zero-order chi connectivity index (χ0) is 19.8. The summed E-state index contributed by atoms with van der Waals surface area (Å²) in [6.45, 7) is 7.82. The Morgan fingerprint density at radius 3 is 2.52 bits per heavy atom. The SMILES string of the molecule is Cc1nn(C)cc1-c1ccc(NC2CC3CN(CC4CCOCC4)CC3C2)nc1. The first-order chi connectivity index (χ1) is 14.1. The number of pyridine rings is 1. The molecule has 6 nitrogen and oxygen atoms in total. The number of aryl methyl sites for hydroxylation is 2. The van der Waals surface area contributed by atoms with E-state index in [1.54, 1.807) is 0 Å². The largest absolute Gasteiger partial charge is 0.381 e. The fraction of sp³-hybridized carbons (Fsp3) is 0.652. The number of fused-ring (bicyclic) bond motifs is 1. The van der Waals surface area contributed by atoms with Gasteiger partial charge in [-0.15, -0.1) is 0 Å². The molecule has 6 heteroatoms. The van der Waals surface area contributed by atoms with Crippen molar-refractivity contribution in [3.05, 3.63) is 30.2 Å². The van der Waals surface area contributed by atoms with Gasteiger partial charge in [0.05, 0.1) is 5.69 Å². The van der Waals surface area contributed by atoms with Gasteiger partial charge in [-0.25, -0.2) is 4.98 Å². The lowest BCUT2D eigenvalue weighted by molar-refractivity contribution is 0.0545. The van der Waals surface area contributed by atoms with Gasteiger partial charge in [-0.3, -0.25) is 4.68 Å². The van der Waals surface area contributed by atoms with Crippen LogP contribution in [0.2, 0.25) is 0 Å². The predicted octanol–water partition coefficient (Wildman–Crippen LogP) is 3.34. The van der Waals surface area contributed by atoms with Crippen molar-refractivity contribution in [3.8, 4) is 11.1 Å². The van der Waals surface area contributed by atoms with Crippen molar-refractivity contribution >= 4 is 5.82 Å². The lowest BCUT2D eigenvalue weighted by Crippen LogP contribution is -2.32. The lowest BCUT2D eigenvalue weighted by Gasteiger charge is -2.27. The van der Waals surface area contributed by atoms with Gasteiger partial charge in [0.2, 0.25) is 0 Å². The summed E-state index contributed by atoms with van der Waals surface area (Å²) in [5.74, 6) is 3.55. The van der Waals surface area contributed by atoms with E-state index >= 15 is 0 Å². The van der Waals surface area contributed by atoms with Gasteiger partial charge >= 0.3 is 0 Å². The fourth-order valence-corrected chi connectivity index (χ4v) is 5.69. The fourth-order valence-electron chi connectivity index (χ4n) is 5.69. The summed E-state index contributed by atoms with van der Waals surface area (Å²) in [6, 6.07) is 4.84. The predicted molar refractivity (Wildman–Crippen MR) is 115 cm³/mol. The molecule has 2 aromatic rings. The zero-order valence-electron chi connectivity index (χ0n) is 17.7. The van der Waals surface area contributed by atoms with Crippen LogP contribution in [0.4, 0.5) is 5.82 Å². The van der Waals surface area contributed by atoms with Crippen LogP contribution in [-0.4, -0.2) is 58.6 Å². The van der Waals surface area contributed by atoms with E-state index in [1.807, 2.05) is 24.9 Å². The summed E-state index contributed by atoms with van der Waals surface area (Å²) in [6.07, 6.45) is 9.08. The van der Waals surface area contributed by atoms with Crippen molar-refractivity contribution in [1.82, 2.24) is 19.7 Å². The Balaban J connectivity index is 1.13. The second-order valence-electron chi connectivity index (χ2n) is 9.34. The maximum atomic E-state index is 5.51. The van der Waals surface area contributed by atoms with E-state index in [0.717, 1.165) is 53.6 Å². The maximum absolute atomic E-state index is 5.51. The molecular formula is C23H33N5O. The van der Waals surface area contributed by atoms with Crippen LogP contribution in [0.3, 0.4) is 0 Å². The summed E-state index contributed by atoms with van der Waals surface area (Å²) < 4.78 is 7.37. The molecule has 29 heavy (non-hydrogen) atoms. The molecule has 3 aliphatic rings. The van der Waals surface area contributed by atoms with E-state index < -0.39 is 0 Å². The molecule has 156 valence electrons. The van der Waals surface area contributed by atoms with Crippen LogP contribution in [0.5, 0.6) is 0 Å². The van der Waals surface area contributed by atoms with Gasteiger partial charge in [-0.1, -0.05) is 0 Å². The third-order valence-electron chi connectivity index (χ3n) is 7.12. The van der Waals surface area contributed by atoms with Crippen molar-refractivity contribution in [1.29, 1.82) is 0 Å². The van der Waals surface area contributed by atoms with E-state index in [-0.39, 0.29) is 0 Å². The van der Waals surface area contributed by atoms with Crippen LogP contribution in [0.1, 0.15) is 31.4 Å². The van der Waals surface area contributed by atoms with Crippen LogP contribution in [0, 0.1) is 24.7 Å². The van der Waals surface area contributed by atoms with Crippen molar-refractivity contribution in [3.63, 3.8) is 0 Å². The standard InChI is InChI=1S/C23H33N5O/c1-16-22(15-27(2)26-16)18-3-4-23(24-11-18)25-21-9-19-13-28(14-20(19)10-21)12-17-5-7-29-8-6-17/h3-4,11,15,17,19-21H,5-10,12-14H2,1-2H3,(H,24,25). The Kier molecular flexibility index (Phi) is 5.31. The van der Waals surface area contributed by atoms with E-state index in [4.69, 9.17) is 4.74 Å². The number of rotatable bonds is 5. The van der Waals surface area contributed by atoms with Crippen molar-refractivity contribution in [2.45, 2.75) is 38.6 Å². The van der Waals surface area contributed by atoms with Gasteiger partial charge in [0, 0.05) is 69.5 Å². The minimum absolute atomic E-state index is 0.564. The van der Waals surface area contributed by atoms with Gasteiger partial charge < -0.3 is 15.0 Å². The molecule has 2 saturated heterocycles. The number of hydrogen-bond acceptors (Lipinski definition) is 5. The number of anilines is 1. The molecule has 0 bridgehead atoms. The molecule has 2 aromatic heterocycles. The second kappa shape index (κ2) is 8.07. The molecule has 3 fully saturated rings. The van der Waals surface area contributed by atoms with Crippen LogP contribution < -0.4 is 5.32 Å². The summed E-state index contributed by atoms with van der Waals surface area (Å²) in [4.78, 5) is 7.41. The number of nitrogens with zero attached hydrogens (tertiary/aromatic N) is 4. The van der Waals surface area contributed by atoms with Crippen LogP contribution in [-0.2, 0) is 11.8 Å². The molecule has 0 spiro atoms. The number of aromatic nitrogens is 3. The molecule has 4 heterocycles. The highest BCUT2D eigenvalue weighted by Gasteiger charge is 2.41. The topological polar surface area (TPSA) is 55.2 Å². The van der Waals surface area contributed by atoms with Gasteiger partial charge in [0.1, 0.15) is 5.82 Å². The van der Waals surface area contributed by atoms with E-state index in [9.17, 15) is 0 Å². The zero-order valence-corrected chi connectivity index (χ0v) is 17.7. The van der Waals surface area contributed by atoms with Gasteiger partial charge in [-0.2, -0.15) is 5.10 Å². The summed E-state index contributed by atoms with van der Waals surface area (Å²) >= 11 is 0. The molecule has 2 unspecified atom stereocenters. The number of likely N-dealkylation sites (tertiary alicyclic amines) is 1. The third-order valence-corrected chi connectivity index (χ3v) is 7.12. The molecule has 0 aromatic carbocycles. The average Bonchev–Trinajstić information content (AvgIpc) is 3.36. The van der Waals surface area contributed by atoms with Crippen LogP contribution in [0.15, 0.2) is 24.5 Å². The Hall–Kier alpha value is -1.92. The third kappa shape index (κ3) is 4.19. The van der Waals surface area contributed by atoms with Crippen LogP contribution in [0.25, 0.3) is 11.1 Å². The molecule has 2 aliphatic heterocycles. The molecule has 1 saturated carbocycles. The van der Waals surface area contributed by atoms with Crippen molar-refractivity contribution < 1.29 is 4.74 Å². The van der Waals surface area contributed by atoms with Gasteiger partial charge in [0.25, 0.3) is 0 Å². The Morgan fingerprint density at radius 1 is 1.14 bits per heavy atom. The first-order valence-electron chi connectivity index (χ1n) is 11.2. The smallest absolute Gasteiger partial charge is 0.126 e. The van der Waals surface area contributed by atoms with E-state index in [0.29, 0.717) is 6.04 Å². The van der Waals surface area contributed by atoms with Crippen molar-refractivity contribution in [2.24, 2.45) is 24.8 Å². The Bertz CT molecular complexity index is 812. The highest BCUT2D eigenvalue weighted by molar-refractivity contribution is 5.65. The van der Waals surface area contributed by atoms with E-state index in [2.05, 4.69) is 38.6 Å².